The molecule has 2 aromatic heterocycles. The molecule has 1 N–H and O–H groups in total. The minimum Gasteiger partial charge on any atom is -0.481 e. The molecule has 0 saturated heterocycles. The van der Waals surface area contributed by atoms with Gasteiger partial charge in [0, 0.05) is 12.6 Å². The first-order valence-electron chi connectivity index (χ1n) is 4.93. The number of rotatable bonds is 3. The van der Waals surface area contributed by atoms with Gasteiger partial charge in [0.15, 0.2) is 5.15 Å². The molecule has 84 valence electrons. The minimum absolute atomic E-state index is 0.0589. The van der Waals surface area contributed by atoms with Crippen LogP contribution in [0.2, 0.25) is 5.15 Å². The summed E-state index contributed by atoms with van der Waals surface area (Å²) in [5.74, 6) is -0.147. The molecule has 0 radical (unpaired) electrons. The third-order valence-electron chi connectivity index (χ3n) is 2.38. The number of carboxylic acids is 1. The predicted octanol–water partition coefficient (Wildman–Crippen LogP) is 2.31. The molecule has 0 bridgehead atoms. The van der Waals surface area contributed by atoms with Gasteiger partial charge >= 0.3 is 5.97 Å². The molecule has 5 heteroatoms. The number of carbonyl (C=O) groups is 1. The van der Waals surface area contributed by atoms with E-state index in [1.54, 1.807) is 0 Å². The summed E-state index contributed by atoms with van der Waals surface area (Å²) in [6.07, 6.45) is 2.35. The molecule has 0 saturated carbocycles. The fraction of sp³-hybridized carbons (Fsp3) is 0.273. The van der Waals surface area contributed by atoms with E-state index < -0.39 is 5.97 Å². The topological polar surface area (TPSA) is 54.6 Å². The summed E-state index contributed by atoms with van der Waals surface area (Å²) < 4.78 is 1.85. The number of aliphatic carboxylic acids is 1. The van der Waals surface area contributed by atoms with E-state index in [1.165, 1.54) is 0 Å². The molecule has 0 aromatic carbocycles. The fourth-order valence-corrected chi connectivity index (χ4v) is 1.86. The van der Waals surface area contributed by atoms with Crippen molar-refractivity contribution < 1.29 is 9.90 Å². The summed E-state index contributed by atoms with van der Waals surface area (Å²) in [6, 6.07) is 3.83. The molecule has 2 rings (SSSR count). The molecule has 2 heterocycles. The van der Waals surface area contributed by atoms with Crippen LogP contribution in [0.15, 0.2) is 18.3 Å². The maximum Gasteiger partial charge on any atom is 0.303 e. The number of aromatic nitrogens is 2. The highest BCUT2D eigenvalue weighted by Crippen LogP contribution is 2.19. The maximum absolute atomic E-state index is 10.5. The van der Waals surface area contributed by atoms with Crippen molar-refractivity contribution in [2.75, 3.05) is 0 Å². The van der Waals surface area contributed by atoms with Gasteiger partial charge in [-0.15, -0.1) is 0 Å². The lowest BCUT2D eigenvalue weighted by molar-refractivity contribution is -0.137. The second-order valence-corrected chi connectivity index (χ2v) is 4.03. The van der Waals surface area contributed by atoms with Crippen LogP contribution in [-0.2, 0) is 11.2 Å². The highest BCUT2D eigenvalue weighted by molar-refractivity contribution is 6.32. The quantitative estimate of drug-likeness (QED) is 0.893. The van der Waals surface area contributed by atoms with Crippen molar-refractivity contribution in [2.45, 2.75) is 19.8 Å². The monoisotopic (exact) mass is 238 g/mol. The molecule has 0 fully saturated rings. The molecule has 0 aliphatic heterocycles. The largest absolute Gasteiger partial charge is 0.481 e. The van der Waals surface area contributed by atoms with Crippen molar-refractivity contribution in [2.24, 2.45) is 0 Å². The summed E-state index contributed by atoms with van der Waals surface area (Å²) in [5.41, 5.74) is 1.89. The normalized spacial score (nSPS) is 10.9. The summed E-state index contributed by atoms with van der Waals surface area (Å²) in [7, 11) is 0. The third-order valence-corrected chi connectivity index (χ3v) is 2.65. The van der Waals surface area contributed by atoms with E-state index in [2.05, 4.69) is 4.98 Å². The zero-order valence-electron chi connectivity index (χ0n) is 8.77. The zero-order valence-corrected chi connectivity index (χ0v) is 9.53. The van der Waals surface area contributed by atoms with Crippen molar-refractivity contribution in [3.8, 4) is 0 Å². The van der Waals surface area contributed by atoms with Crippen LogP contribution < -0.4 is 0 Å². The van der Waals surface area contributed by atoms with Crippen molar-refractivity contribution in [3.05, 3.63) is 34.9 Å². The van der Waals surface area contributed by atoms with Gasteiger partial charge in [-0.1, -0.05) is 17.7 Å². The Bertz CT molecular complexity index is 548. The highest BCUT2D eigenvalue weighted by atomic mass is 35.5. The Morgan fingerprint density at radius 3 is 3.00 bits per heavy atom. The number of aryl methyl sites for hydroxylation is 2. The van der Waals surface area contributed by atoms with Crippen LogP contribution in [0.4, 0.5) is 0 Å². The number of hydrogen-bond donors (Lipinski definition) is 1. The first kappa shape index (κ1) is 11.0. The van der Waals surface area contributed by atoms with Crippen LogP contribution in [0.25, 0.3) is 5.52 Å². The summed E-state index contributed by atoms with van der Waals surface area (Å²) in [6.45, 7) is 1.97. The van der Waals surface area contributed by atoms with E-state index in [-0.39, 0.29) is 6.42 Å². The fourth-order valence-electron chi connectivity index (χ4n) is 1.61. The van der Waals surface area contributed by atoms with Gasteiger partial charge in [-0.2, -0.15) is 0 Å². The summed E-state index contributed by atoms with van der Waals surface area (Å²) in [5, 5.41) is 9.06. The molecule has 0 aliphatic carbocycles. The molecular formula is C11H11ClN2O2. The second-order valence-electron chi connectivity index (χ2n) is 3.67. The van der Waals surface area contributed by atoms with Crippen molar-refractivity contribution in [1.29, 1.82) is 0 Å². The number of halogens is 1. The van der Waals surface area contributed by atoms with Crippen LogP contribution in [0, 0.1) is 6.92 Å². The molecule has 2 aromatic rings. The molecule has 0 atom stereocenters. The minimum atomic E-state index is -0.833. The highest BCUT2D eigenvalue weighted by Gasteiger charge is 2.10. The van der Waals surface area contributed by atoms with Crippen LogP contribution in [0.3, 0.4) is 0 Å². The van der Waals surface area contributed by atoms with E-state index in [1.807, 2.05) is 29.7 Å². The summed E-state index contributed by atoms with van der Waals surface area (Å²) >= 11 is 5.97. The lowest BCUT2D eigenvalue weighted by Gasteiger charge is -2.00. The summed E-state index contributed by atoms with van der Waals surface area (Å²) in [4.78, 5) is 14.7. The van der Waals surface area contributed by atoms with Gasteiger partial charge in [0.2, 0.25) is 0 Å². The number of nitrogens with zero attached hydrogens (tertiary/aromatic N) is 2. The zero-order chi connectivity index (χ0) is 11.7. The van der Waals surface area contributed by atoms with E-state index >= 15 is 0 Å². The number of carboxylic acid groups (broad SMARTS) is 1. The molecule has 0 amide bonds. The van der Waals surface area contributed by atoms with Gasteiger partial charge in [-0.25, -0.2) is 4.98 Å². The van der Waals surface area contributed by atoms with E-state index in [0.29, 0.717) is 17.4 Å². The molecule has 16 heavy (non-hydrogen) atoms. The number of fused-ring (bicyclic) bond motifs is 1. The van der Waals surface area contributed by atoms with Crippen molar-refractivity contribution >= 4 is 23.1 Å². The maximum atomic E-state index is 10.5. The average molecular weight is 239 g/mol. The Kier molecular flexibility index (Phi) is 2.83. The Morgan fingerprint density at radius 1 is 1.56 bits per heavy atom. The van der Waals surface area contributed by atoms with Crippen LogP contribution >= 0.6 is 11.6 Å². The number of hydrogen-bond acceptors (Lipinski definition) is 2. The smallest absolute Gasteiger partial charge is 0.303 e. The Balaban J connectivity index is 2.44. The third kappa shape index (κ3) is 2.02. The molecule has 0 spiro atoms. The average Bonchev–Trinajstić information content (AvgIpc) is 2.52. The molecular weight excluding hydrogens is 228 g/mol. The molecule has 0 aliphatic rings. The lowest BCUT2D eigenvalue weighted by Crippen LogP contribution is -2.01. The first-order valence-corrected chi connectivity index (χ1v) is 5.30. The second kappa shape index (κ2) is 4.14. The first-order chi connectivity index (χ1) is 7.58. The van der Waals surface area contributed by atoms with Gasteiger partial charge in [0.1, 0.15) is 5.82 Å². The SMILES string of the molecule is Cc1ccc2c(Cl)nc(CCC(=O)O)n2c1. The van der Waals surface area contributed by atoms with Crippen LogP contribution in [0.5, 0.6) is 0 Å². The van der Waals surface area contributed by atoms with E-state index in [9.17, 15) is 4.79 Å². The van der Waals surface area contributed by atoms with Crippen LogP contribution in [0.1, 0.15) is 17.8 Å². The van der Waals surface area contributed by atoms with Gasteiger partial charge in [0.05, 0.1) is 11.9 Å². The van der Waals surface area contributed by atoms with Crippen molar-refractivity contribution in [1.82, 2.24) is 9.38 Å². The molecule has 0 unspecified atom stereocenters. The number of pyridine rings is 1. The van der Waals surface area contributed by atoms with Gasteiger partial charge < -0.3 is 9.51 Å². The Hall–Kier alpha value is -1.55. The molecule has 4 nitrogen and oxygen atoms in total. The van der Waals surface area contributed by atoms with Crippen molar-refractivity contribution in [3.63, 3.8) is 0 Å². The van der Waals surface area contributed by atoms with Gasteiger partial charge in [-0.05, 0) is 18.6 Å². The standard InChI is InChI=1S/C11H11ClN2O2/c1-7-2-3-8-11(12)13-9(14(8)6-7)4-5-10(15)16/h2-3,6H,4-5H2,1H3,(H,15,16). The van der Waals surface area contributed by atoms with Gasteiger partial charge in [0.25, 0.3) is 0 Å². The Morgan fingerprint density at radius 2 is 2.31 bits per heavy atom. The number of imidazole rings is 1. The Labute approximate surface area is 97.5 Å². The van der Waals surface area contributed by atoms with E-state index in [4.69, 9.17) is 16.7 Å². The van der Waals surface area contributed by atoms with E-state index in [0.717, 1.165) is 11.1 Å². The predicted molar refractivity (Wildman–Crippen MR) is 60.9 cm³/mol. The van der Waals surface area contributed by atoms with Crippen LogP contribution in [-0.4, -0.2) is 20.5 Å². The van der Waals surface area contributed by atoms with Gasteiger partial charge in [-0.3, -0.25) is 4.79 Å². The lowest BCUT2D eigenvalue weighted by atomic mass is 10.3.